The quantitative estimate of drug-likeness (QED) is 0.551. The lowest BCUT2D eigenvalue weighted by molar-refractivity contribution is 0.508. The predicted octanol–water partition coefficient (Wildman–Crippen LogP) is 5.05. The van der Waals surface area contributed by atoms with E-state index in [0.29, 0.717) is 28.8 Å². The molecule has 0 radical (unpaired) electrons. The first kappa shape index (κ1) is 16.3. The second-order valence-corrected chi connectivity index (χ2v) is 8.68. The van der Waals surface area contributed by atoms with Crippen LogP contribution in [0.1, 0.15) is 61.5 Å². The number of hydrogen-bond donors (Lipinski definition) is 0. The van der Waals surface area contributed by atoms with Gasteiger partial charge in [0.05, 0.1) is 5.25 Å². The van der Waals surface area contributed by atoms with E-state index in [1.807, 2.05) is 24.3 Å². The second kappa shape index (κ2) is 6.39. The Balaban J connectivity index is 1.37. The molecule has 3 aromatic rings. The highest BCUT2D eigenvalue weighted by molar-refractivity contribution is 7.99. The largest absolute Gasteiger partial charge is 0.419 e. The summed E-state index contributed by atoms with van der Waals surface area (Å²) in [5, 5.41) is 18.9. The molecule has 1 atom stereocenters. The summed E-state index contributed by atoms with van der Waals surface area (Å²) < 4.78 is 8.22. The predicted molar refractivity (Wildman–Crippen MR) is 99.3 cm³/mol. The number of hydrogen-bond acceptors (Lipinski definition) is 6. The molecule has 0 amide bonds. The molecule has 134 valence electrons. The van der Waals surface area contributed by atoms with E-state index in [0.717, 1.165) is 16.5 Å². The lowest BCUT2D eigenvalue weighted by atomic mass is 10.2. The van der Waals surface area contributed by atoms with Gasteiger partial charge in [0, 0.05) is 22.5 Å². The third-order valence-electron chi connectivity index (χ3n) is 4.69. The highest BCUT2D eigenvalue weighted by Crippen LogP contribution is 2.47. The zero-order chi connectivity index (χ0) is 17.7. The summed E-state index contributed by atoms with van der Waals surface area (Å²) in [5.74, 6) is 2.83. The number of rotatable bonds is 6. The maximum Gasteiger partial charge on any atom is 0.247 e. The van der Waals surface area contributed by atoms with Crippen molar-refractivity contribution in [1.82, 2.24) is 25.0 Å². The summed E-state index contributed by atoms with van der Waals surface area (Å²) in [5.41, 5.74) is 0.825. The van der Waals surface area contributed by atoms with Gasteiger partial charge in [0.2, 0.25) is 11.8 Å². The minimum Gasteiger partial charge on any atom is -0.419 e. The normalized spacial score (nSPS) is 18.2. The van der Waals surface area contributed by atoms with Gasteiger partial charge in [0.15, 0.2) is 5.16 Å². The molecule has 0 aliphatic heterocycles. The van der Waals surface area contributed by atoms with Gasteiger partial charge >= 0.3 is 0 Å². The fraction of sp³-hybridized carbons (Fsp3) is 0.444. The molecule has 0 spiro atoms. The monoisotopic (exact) mass is 387 g/mol. The molecule has 2 saturated carbocycles. The van der Waals surface area contributed by atoms with E-state index in [1.54, 1.807) is 11.8 Å². The summed E-state index contributed by atoms with van der Waals surface area (Å²) in [6.07, 6.45) is 4.91. The molecule has 0 N–H and O–H groups in total. The van der Waals surface area contributed by atoms with Crippen molar-refractivity contribution in [3.63, 3.8) is 0 Å². The third kappa shape index (κ3) is 3.14. The lowest BCUT2D eigenvalue weighted by Gasteiger charge is -2.10. The second-order valence-electron chi connectivity index (χ2n) is 6.93. The minimum atomic E-state index is 0.00388. The van der Waals surface area contributed by atoms with Gasteiger partial charge in [-0.2, -0.15) is 0 Å². The Labute approximate surface area is 160 Å². The molecule has 0 bridgehead atoms. The molecule has 2 aromatic heterocycles. The lowest BCUT2D eigenvalue weighted by Crippen LogP contribution is -2.02. The Hall–Kier alpha value is -1.86. The SMILES string of the molecule is C[C@@H](Sc1nnc(C2CC2)n1C1CC1)c1nnc(-c2cccc(Cl)c2)o1. The number of aromatic nitrogens is 5. The number of benzene rings is 1. The van der Waals surface area contributed by atoms with Crippen LogP contribution in [-0.2, 0) is 0 Å². The van der Waals surface area contributed by atoms with Crippen LogP contribution < -0.4 is 0 Å². The number of halogens is 1. The van der Waals surface area contributed by atoms with Crippen molar-refractivity contribution in [3.05, 3.63) is 41.0 Å². The molecule has 2 heterocycles. The van der Waals surface area contributed by atoms with E-state index >= 15 is 0 Å². The van der Waals surface area contributed by atoms with Gasteiger partial charge in [-0.1, -0.05) is 29.4 Å². The maximum absolute atomic E-state index is 6.05. The first-order valence-corrected chi connectivity index (χ1v) is 10.2. The van der Waals surface area contributed by atoms with Gasteiger partial charge in [0.1, 0.15) is 5.82 Å². The van der Waals surface area contributed by atoms with Gasteiger partial charge in [-0.3, -0.25) is 0 Å². The average molecular weight is 388 g/mol. The van der Waals surface area contributed by atoms with Crippen molar-refractivity contribution in [2.75, 3.05) is 0 Å². The molecule has 8 heteroatoms. The Morgan fingerprint density at radius 2 is 2.00 bits per heavy atom. The van der Waals surface area contributed by atoms with E-state index in [4.69, 9.17) is 16.0 Å². The van der Waals surface area contributed by atoms with Crippen LogP contribution in [0.5, 0.6) is 0 Å². The zero-order valence-corrected chi connectivity index (χ0v) is 15.9. The molecule has 2 aliphatic carbocycles. The summed E-state index contributed by atoms with van der Waals surface area (Å²) in [6, 6.07) is 8.00. The van der Waals surface area contributed by atoms with Crippen LogP contribution in [0, 0.1) is 0 Å². The van der Waals surface area contributed by atoms with Gasteiger partial charge in [-0.25, -0.2) is 0 Å². The van der Waals surface area contributed by atoms with E-state index in [2.05, 4.69) is 31.9 Å². The Kier molecular flexibility index (Phi) is 4.01. The van der Waals surface area contributed by atoms with Crippen LogP contribution in [0.15, 0.2) is 33.8 Å². The van der Waals surface area contributed by atoms with Gasteiger partial charge in [-0.05, 0) is 50.8 Å². The Morgan fingerprint density at radius 1 is 1.15 bits per heavy atom. The van der Waals surface area contributed by atoms with Crippen LogP contribution in [0.4, 0.5) is 0 Å². The summed E-state index contributed by atoms with van der Waals surface area (Å²) >= 11 is 7.68. The fourth-order valence-electron chi connectivity index (χ4n) is 3.01. The van der Waals surface area contributed by atoms with Crippen LogP contribution in [0.3, 0.4) is 0 Å². The topological polar surface area (TPSA) is 69.6 Å². The van der Waals surface area contributed by atoms with Gasteiger partial charge < -0.3 is 8.98 Å². The minimum absolute atomic E-state index is 0.00388. The summed E-state index contributed by atoms with van der Waals surface area (Å²) in [4.78, 5) is 0. The maximum atomic E-state index is 6.05. The molecule has 0 unspecified atom stereocenters. The molecular formula is C18H18ClN5OS. The average Bonchev–Trinajstić information content (AvgIpc) is 3.56. The standard InChI is InChI=1S/C18H18ClN5OS/c1-10(16-21-22-17(25-16)12-3-2-4-13(19)9-12)26-18-23-20-15(11-5-6-11)24(18)14-7-8-14/h2-4,9-11,14H,5-8H2,1H3/t10-/m1/s1. The summed E-state index contributed by atoms with van der Waals surface area (Å²) in [6.45, 7) is 2.06. The van der Waals surface area contributed by atoms with Crippen molar-refractivity contribution < 1.29 is 4.42 Å². The van der Waals surface area contributed by atoms with Gasteiger partial charge in [0.25, 0.3) is 0 Å². The summed E-state index contributed by atoms with van der Waals surface area (Å²) in [7, 11) is 0. The van der Waals surface area contributed by atoms with Crippen molar-refractivity contribution >= 4 is 23.4 Å². The Bertz CT molecular complexity index is 947. The van der Waals surface area contributed by atoms with Crippen LogP contribution in [0.2, 0.25) is 5.02 Å². The highest BCUT2D eigenvalue weighted by Gasteiger charge is 2.37. The van der Waals surface area contributed by atoms with Crippen LogP contribution >= 0.6 is 23.4 Å². The van der Waals surface area contributed by atoms with Crippen molar-refractivity contribution in [2.24, 2.45) is 0 Å². The van der Waals surface area contributed by atoms with E-state index in [-0.39, 0.29) is 5.25 Å². The van der Waals surface area contributed by atoms with E-state index < -0.39 is 0 Å². The van der Waals surface area contributed by atoms with Crippen molar-refractivity contribution in [3.8, 4) is 11.5 Å². The fourth-order valence-corrected chi connectivity index (χ4v) is 4.16. The van der Waals surface area contributed by atoms with E-state index in [1.165, 1.54) is 25.7 Å². The molecular weight excluding hydrogens is 370 g/mol. The first-order valence-electron chi connectivity index (χ1n) is 8.90. The highest BCUT2D eigenvalue weighted by atomic mass is 35.5. The first-order chi connectivity index (χ1) is 12.7. The van der Waals surface area contributed by atoms with E-state index in [9.17, 15) is 0 Å². The molecule has 6 nitrogen and oxygen atoms in total. The molecule has 2 fully saturated rings. The molecule has 2 aliphatic rings. The number of nitrogens with zero attached hydrogens (tertiary/aromatic N) is 5. The third-order valence-corrected chi connectivity index (χ3v) is 5.97. The molecule has 0 saturated heterocycles. The Morgan fingerprint density at radius 3 is 2.73 bits per heavy atom. The van der Waals surface area contributed by atoms with Gasteiger partial charge in [-0.15, -0.1) is 20.4 Å². The number of thioether (sulfide) groups is 1. The molecule has 5 rings (SSSR count). The van der Waals surface area contributed by atoms with Crippen LogP contribution in [-0.4, -0.2) is 25.0 Å². The van der Waals surface area contributed by atoms with Crippen molar-refractivity contribution in [2.45, 2.75) is 55.0 Å². The molecule has 1 aromatic carbocycles. The smallest absolute Gasteiger partial charge is 0.247 e. The molecule has 26 heavy (non-hydrogen) atoms. The zero-order valence-electron chi connectivity index (χ0n) is 14.3. The van der Waals surface area contributed by atoms with Crippen LogP contribution in [0.25, 0.3) is 11.5 Å². The van der Waals surface area contributed by atoms with Crippen molar-refractivity contribution in [1.29, 1.82) is 0 Å².